The van der Waals surface area contributed by atoms with Crippen molar-refractivity contribution in [2.75, 3.05) is 38.1 Å². The van der Waals surface area contributed by atoms with Gasteiger partial charge in [0.15, 0.2) is 0 Å². The predicted molar refractivity (Wildman–Crippen MR) is 102 cm³/mol. The molecule has 1 saturated heterocycles. The summed E-state index contributed by atoms with van der Waals surface area (Å²) in [4.78, 5) is 27.7. The average Bonchev–Trinajstić information content (AvgIpc) is 3.15. The zero-order valence-corrected chi connectivity index (χ0v) is 15.7. The van der Waals surface area contributed by atoms with Crippen molar-refractivity contribution in [2.24, 2.45) is 0 Å². The Hall–Kier alpha value is -2.38. The number of thiophene rings is 1. The first-order chi connectivity index (χ1) is 12.7. The molecule has 2 heterocycles. The van der Waals surface area contributed by atoms with E-state index in [2.05, 4.69) is 22.1 Å². The minimum absolute atomic E-state index is 0.00657. The summed E-state index contributed by atoms with van der Waals surface area (Å²) in [6.45, 7) is 6.46. The Labute approximate surface area is 157 Å². The van der Waals surface area contributed by atoms with E-state index in [1.54, 1.807) is 42.5 Å². The third-order valence-corrected chi connectivity index (χ3v) is 5.16. The van der Waals surface area contributed by atoms with Gasteiger partial charge in [0.05, 0.1) is 32.8 Å². The van der Waals surface area contributed by atoms with Crippen LogP contribution in [0.2, 0.25) is 0 Å². The maximum atomic E-state index is 12.8. The van der Waals surface area contributed by atoms with Gasteiger partial charge in [-0.15, -0.1) is 0 Å². The Morgan fingerprint density at radius 2 is 2.08 bits per heavy atom. The maximum Gasteiger partial charge on any atom is 0.411 e. The van der Waals surface area contributed by atoms with Crippen LogP contribution < -0.4 is 10.2 Å². The third-order valence-electron chi connectivity index (χ3n) is 4.42. The van der Waals surface area contributed by atoms with Crippen LogP contribution in [0.1, 0.15) is 22.8 Å². The van der Waals surface area contributed by atoms with Gasteiger partial charge in [-0.3, -0.25) is 10.1 Å². The molecule has 1 aliphatic heterocycles. The number of carbonyl (C=O) groups excluding carboxylic acids is 2. The zero-order valence-electron chi connectivity index (χ0n) is 14.9. The van der Waals surface area contributed by atoms with Crippen molar-refractivity contribution in [3.05, 3.63) is 52.2 Å². The molecule has 3 rings (SSSR count). The number of rotatable bonds is 5. The van der Waals surface area contributed by atoms with Crippen LogP contribution in [0.5, 0.6) is 0 Å². The first-order valence-electron chi connectivity index (χ1n) is 8.83. The Kier molecular flexibility index (Phi) is 6.25. The second kappa shape index (κ2) is 8.82. The normalized spacial score (nSPS) is 14.9. The fourth-order valence-electron chi connectivity index (χ4n) is 3.08. The van der Waals surface area contributed by atoms with E-state index in [-0.39, 0.29) is 5.91 Å². The first kappa shape index (κ1) is 18.4. The third kappa shape index (κ3) is 4.83. The number of carbonyl (C=O) groups is 2. The highest BCUT2D eigenvalue weighted by atomic mass is 32.1. The molecule has 138 valence electrons. The largest absolute Gasteiger partial charge is 0.450 e. The van der Waals surface area contributed by atoms with Crippen molar-refractivity contribution in [2.45, 2.75) is 13.5 Å². The Morgan fingerprint density at radius 1 is 1.27 bits per heavy atom. The molecule has 0 spiro atoms. The molecule has 2 amide bonds. The number of anilines is 1. The van der Waals surface area contributed by atoms with Gasteiger partial charge in [0.1, 0.15) is 6.54 Å². The van der Waals surface area contributed by atoms with E-state index in [4.69, 9.17) is 4.74 Å². The molecule has 2 aromatic rings. The molecule has 0 atom stereocenters. The monoisotopic (exact) mass is 374 g/mol. The van der Waals surface area contributed by atoms with Crippen molar-refractivity contribution in [3.63, 3.8) is 0 Å². The molecule has 1 aromatic heterocycles. The molecule has 0 saturated carbocycles. The van der Waals surface area contributed by atoms with Crippen LogP contribution in [-0.2, 0) is 11.3 Å². The van der Waals surface area contributed by atoms with Gasteiger partial charge in [0.25, 0.3) is 5.91 Å². The van der Waals surface area contributed by atoms with Crippen molar-refractivity contribution < 1.29 is 19.2 Å². The molecule has 7 heteroatoms. The Bertz CT molecular complexity index is 740. The van der Waals surface area contributed by atoms with Crippen molar-refractivity contribution in [1.82, 2.24) is 4.90 Å². The lowest BCUT2D eigenvalue weighted by atomic mass is 10.1. The zero-order chi connectivity index (χ0) is 18.4. The van der Waals surface area contributed by atoms with Gasteiger partial charge >= 0.3 is 6.09 Å². The number of quaternary nitrogens is 1. The maximum absolute atomic E-state index is 12.8. The number of ether oxygens (including phenoxy) is 1. The van der Waals surface area contributed by atoms with Crippen LogP contribution in [0.3, 0.4) is 0 Å². The lowest BCUT2D eigenvalue weighted by molar-refractivity contribution is -0.917. The Morgan fingerprint density at radius 3 is 2.77 bits per heavy atom. The van der Waals surface area contributed by atoms with E-state index < -0.39 is 6.09 Å². The van der Waals surface area contributed by atoms with E-state index in [0.29, 0.717) is 17.9 Å². The van der Waals surface area contributed by atoms with Gasteiger partial charge in [0, 0.05) is 16.8 Å². The van der Waals surface area contributed by atoms with Gasteiger partial charge < -0.3 is 14.5 Å². The summed E-state index contributed by atoms with van der Waals surface area (Å²) in [6.07, 6.45) is -0.511. The van der Waals surface area contributed by atoms with Crippen molar-refractivity contribution >= 4 is 29.0 Å². The molecule has 1 fully saturated rings. The number of hydrogen-bond acceptors (Lipinski definition) is 4. The van der Waals surface area contributed by atoms with Crippen LogP contribution >= 0.6 is 11.3 Å². The summed E-state index contributed by atoms with van der Waals surface area (Å²) in [6, 6.07) is 9.16. The van der Waals surface area contributed by atoms with Gasteiger partial charge in [-0.2, -0.15) is 11.3 Å². The molecule has 0 radical (unpaired) electrons. The summed E-state index contributed by atoms with van der Waals surface area (Å²) in [7, 11) is 0. The second-order valence-corrected chi connectivity index (χ2v) is 7.06. The summed E-state index contributed by atoms with van der Waals surface area (Å²) < 4.78 is 4.87. The molecule has 0 bridgehead atoms. The molecule has 1 aromatic carbocycles. The van der Waals surface area contributed by atoms with E-state index in [9.17, 15) is 9.59 Å². The molecule has 0 unspecified atom stereocenters. The molecular formula is C19H24N3O3S+. The number of piperazine rings is 1. The van der Waals surface area contributed by atoms with Crippen LogP contribution in [0.15, 0.2) is 41.1 Å². The minimum atomic E-state index is -0.511. The lowest BCUT2D eigenvalue weighted by Crippen LogP contribution is -3.13. The van der Waals surface area contributed by atoms with Crippen LogP contribution in [0.25, 0.3) is 0 Å². The minimum Gasteiger partial charge on any atom is -0.450 e. The number of benzene rings is 1. The SMILES string of the molecule is CCOC(=O)Nc1cccc(C(=O)N2CC[NH+](Cc3ccsc3)CC2)c1. The second-order valence-electron chi connectivity index (χ2n) is 6.28. The number of nitrogens with one attached hydrogen (secondary N) is 2. The standard InChI is InChI=1S/C19H23N3O3S/c1-2-25-19(24)20-17-5-3-4-16(12-17)18(23)22-9-7-21(8-10-22)13-15-6-11-26-14-15/h3-6,11-12,14H,2,7-10,13H2,1H3,(H,20,24)/p+1. The number of nitrogens with zero attached hydrogens (tertiary/aromatic N) is 1. The van der Waals surface area contributed by atoms with E-state index in [1.165, 1.54) is 10.5 Å². The van der Waals surface area contributed by atoms with E-state index in [1.807, 2.05) is 4.90 Å². The van der Waals surface area contributed by atoms with Gasteiger partial charge in [-0.1, -0.05) is 6.07 Å². The smallest absolute Gasteiger partial charge is 0.411 e. The number of amides is 2. The highest BCUT2D eigenvalue weighted by Gasteiger charge is 2.24. The fourth-order valence-corrected chi connectivity index (χ4v) is 3.75. The molecule has 2 N–H and O–H groups in total. The molecule has 26 heavy (non-hydrogen) atoms. The molecule has 0 aliphatic carbocycles. The summed E-state index contributed by atoms with van der Waals surface area (Å²) in [5.41, 5.74) is 2.51. The topological polar surface area (TPSA) is 63.1 Å². The van der Waals surface area contributed by atoms with E-state index in [0.717, 1.165) is 32.7 Å². The van der Waals surface area contributed by atoms with E-state index >= 15 is 0 Å². The van der Waals surface area contributed by atoms with Gasteiger partial charge in [0.2, 0.25) is 0 Å². The highest BCUT2D eigenvalue weighted by molar-refractivity contribution is 7.07. The van der Waals surface area contributed by atoms with Gasteiger partial charge in [-0.25, -0.2) is 4.79 Å². The fraction of sp³-hybridized carbons (Fsp3) is 0.368. The van der Waals surface area contributed by atoms with Crippen LogP contribution in [-0.4, -0.2) is 49.7 Å². The average molecular weight is 374 g/mol. The predicted octanol–water partition coefficient (Wildman–Crippen LogP) is 1.86. The summed E-state index contributed by atoms with van der Waals surface area (Å²) in [5, 5.41) is 6.93. The Balaban J connectivity index is 1.55. The highest BCUT2D eigenvalue weighted by Crippen LogP contribution is 2.13. The van der Waals surface area contributed by atoms with Gasteiger partial charge in [-0.05, 0) is 41.9 Å². The number of hydrogen-bond donors (Lipinski definition) is 2. The summed E-state index contributed by atoms with van der Waals surface area (Å²) in [5.74, 6) is 0.00657. The first-order valence-corrected chi connectivity index (χ1v) is 9.77. The molecular weight excluding hydrogens is 350 g/mol. The van der Waals surface area contributed by atoms with Crippen LogP contribution in [0.4, 0.5) is 10.5 Å². The van der Waals surface area contributed by atoms with Crippen LogP contribution in [0, 0.1) is 0 Å². The molecule has 6 nitrogen and oxygen atoms in total. The quantitative estimate of drug-likeness (QED) is 0.840. The lowest BCUT2D eigenvalue weighted by Gasteiger charge is -2.32. The summed E-state index contributed by atoms with van der Waals surface area (Å²) >= 11 is 1.72. The van der Waals surface area contributed by atoms with Crippen molar-refractivity contribution in [3.8, 4) is 0 Å². The molecule has 1 aliphatic rings. The van der Waals surface area contributed by atoms with Crippen molar-refractivity contribution in [1.29, 1.82) is 0 Å².